The second-order valence-electron chi connectivity index (χ2n) is 5.02. The summed E-state index contributed by atoms with van der Waals surface area (Å²) >= 11 is 0. The summed E-state index contributed by atoms with van der Waals surface area (Å²) in [5, 5.41) is 0. The molecule has 1 aromatic carbocycles. The number of carbonyl (C=O) groups excluding carboxylic acids is 1. The molecule has 0 spiro atoms. The van der Waals surface area contributed by atoms with Crippen LogP contribution in [0.3, 0.4) is 0 Å². The average Bonchev–Trinajstić information content (AvgIpc) is 2.50. The Balaban J connectivity index is 1.71. The first-order chi connectivity index (χ1) is 9.78. The molecular formula is C16H23NO3. The Morgan fingerprint density at radius 2 is 1.95 bits per heavy atom. The smallest absolute Gasteiger partial charge is 0.136 e. The fraction of sp³-hybridized carbons (Fsp3) is 0.562. The van der Waals surface area contributed by atoms with Crippen molar-refractivity contribution in [2.24, 2.45) is 0 Å². The van der Waals surface area contributed by atoms with Gasteiger partial charge in [-0.3, -0.25) is 9.69 Å². The number of benzene rings is 1. The van der Waals surface area contributed by atoms with E-state index in [-0.39, 0.29) is 5.78 Å². The molecule has 0 aromatic heterocycles. The van der Waals surface area contributed by atoms with Gasteiger partial charge >= 0.3 is 0 Å². The number of Topliss-reactive ketones (excluding diaryl/α,β-unsaturated/α-hetero) is 1. The maximum atomic E-state index is 11.4. The summed E-state index contributed by atoms with van der Waals surface area (Å²) in [6.45, 7) is 7.13. The van der Waals surface area contributed by atoms with Crippen LogP contribution in [0.25, 0.3) is 0 Å². The topological polar surface area (TPSA) is 38.8 Å². The molecule has 1 aromatic rings. The third-order valence-electron chi connectivity index (χ3n) is 3.50. The Morgan fingerprint density at radius 1 is 1.25 bits per heavy atom. The van der Waals surface area contributed by atoms with Gasteiger partial charge in [-0.25, -0.2) is 0 Å². The van der Waals surface area contributed by atoms with E-state index in [1.807, 2.05) is 31.2 Å². The Labute approximate surface area is 120 Å². The van der Waals surface area contributed by atoms with E-state index in [2.05, 4.69) is 4.90 Å². The molecule has 1 fully saturated rings. The highest BCUT2D eigenvalue weighted by Gasteiger charge is 2.09. The number of morpholine rings is 1. The zero-order valence-electron chi connectivity index (χ0n) is 12.1. The van der Waals surface area contributed by atoms with Gasteiger partial charge in [0, 0.05) is 32.5 Å². The molecule has 0 N–H and O–H groups in total. The number of carbonyl (C=O) groups is 1. The van der Waals surface area contributed by atoms with Gasteiger partial charge in [-0.15, -0.1) is 0 Å². The van der Waals surface area contributed by atoms with Gasteiger partial charge in [0.15, 0.2) is 0 Å². The van der Waals surface area contributed by atoms with Crippen molar-refractivity contribution in [1.29, 1.82) is 0 Å². The summed E-state index contributed by atoms with van der Waals surface area (Å²) in [7, 11) is 0. The first-order valence-electron chi connectivity index (χ1n) is 7.31. The molecule has 0 unspecified atom stereocenters. The molecule has 1 heterocycles. The molecule has 1 aliphatic rings. The first kappa shape index (κ1) is 15.0. The van der Waals surface area contributed by atoms with E-state index in [1.54, 1.807) is 0 Å². The maximum Gasteiger partial charge on any atom is 0.136 e. The molecule has 1 saturated heterocycles. The Hall–Kier alpha value is -1.39. The standard InChI is InChI=1S/C16H23NO3/c1-2-15(18)13-14-3-5-16(6-4-14)20-12-9-17-7-10-19-11-8-17/h3-6H,2,7-13H2,1H3. The summed E-state index contributed by atoms with van der Waals surface area (Å²) in [6, 6.07) is 7.82. The van der Waals surface area contributed by atoms with Gasteiger partial charge < -0.3 is 9.47 Å². The van der Waals surface area contributed by atoms with Gasteiger partial charge in [-0.2, -0.15) is 0 Å². The van der Waals surface area contributed by atoms with Crippen molar-refractivity contribution in [1.82, 2.24) is 4.90 Å². The summed E-state index contributed by atoms with van der Waals surface area (Å²) in [6.07, 6.45) is 1.11. The molecule has 4 nitrogen and oxygen atoms in total. The second-order valence-corrected chi connectivity index (χ2v) is 5.02. The molecule has 0 saturated carbocycles. The molecule has 0 radical (unpaired) electrons. The number of nitrogens with zero attached hydrogens (tertiary/aromatic N) is 1. The lowest BCUT2D eigenvalue weighted by Crippen LogP contribution is -2.38. The van der Waals surface area contributed by atoms with E-state index >= 15 is 0 Å². The highest BCUT2D eigenvalue weighted by atomic mass is 16.5. The van der Waals surface area contributed by atoms with Crippen LogP contribution < -0.4 is 4.74 Å². The van der Waals surface area contributed by atoms with Crippen LogP contribution in [0.2, 0.25) is 0 Å². The zero-order chi connectivity index (χ0) is 14.2. The lowest BCUT2D eigenvalue weighted by molar-refractivity contribution is -0.118. The van der Waals surface area contributed by atoms with E-state index in [4.69, 9.17) is 9.47 Å². The van der Waals surface area contributed by atoms with Crippen molar-refractivity contribution in [2.75, 3.05) is 39.5 Å². The van der Waals surface area contributed by atoms with Gasteiger partial charge in [0.25, 0.3) is 0 Å². The van der Waals surface area contributed by atoms with Crippen molar-refractivity contribution in [3.63, 3.8) is 0 Å². The van der Waals surface area contributed by atoms with Crippen LogP contribution in [0, 0.1) is 0 Å². The SMILES string of the molecule is CCC(=O)Cc1ccc(OCCN2CCOCC2)cc1. The van der Waals surface area contributed by atoms with Crippen molar-refractivity contribution in [2.45, 2.75) is 19.8 Å². The summed E-state index contributed by atoms with van der Waals surface area (Å²) in [4.78, 5) is 13.7. The zero-order valence-corrected chi connectivity index (χ0v) is 12.1. The predicted octanol–water partition coefficient (Wildman–Crippen LogP) is 1.92. The lowest BCUT2D eigenvalue weighted by Gasteiger charge is -2.26. The molecule has 2 rings (SSSR count). The quantitative estimate of drug-likeness (QED) is 0.763. The maximum absolute atomic E-state index is 11.4. The summed E-state index contributed by atoms with van der Waals surface area (Å²) in [5.74, 6) is 1.14. The fourth-order valence-electron chi connectivity index (χ4n) is 2.17. The van der Waals surface area contributed by atoms with Crippen LogP contribution in [-0.2, 0) is 16.0 Å². The van der Waals surface area contributed by atoms with Crippen molar-refractivity contribution < 1.29 is 14.3 Å². The number of ether oxygens (including phenoxy) is 2. The second kappa shape index (κ2) is 8.02. The van der Waals surface area contributed by atoms with E-state index in [0.29, 0.717) is 19.4 Å². The minimum atomic E-state index is 0.269. The molecule has 0 bridgehead atoms. The summed E-state index contributed by atoms with van der Waals surface area (Å²) < 4.78 is 11.0. The molecule has 110 valence electrons. The van der Waals surface area contributed by atoms with E-state index < -0.39 is 0 Å². The average molecular weight is 277 g/mol. The van der Waals surface area contributed by atoms with Gasteiger partial charge in [0.1, 0.15) is 18.1 Å². The highest BCUT2D eigenvalue weighted by Crippen LogP contribution is 2.13. The molecule has 0 amide bonds. The van der Waals surface area contributed by atoms with Gasteiger partial charge in [-0.05, 0) is 17.7 Å². The Morgan fingerprint density at radius 3 is 2.60 bits per heavy atom. The monoisotopic (exact) mass is 277 g/mol. The van der Waals surface area contributed by atoms with Gasteiger partial charge in [0.2, 0.25) is 0 Å². The first-order valence-corrected chi connectivity index (χ1v) is 7.31. The molecular weight excluding hydrogens is 254 g/mol. The van der Waals surface area contributed by atoms with Crippen LogP contribution in [0.1, 0.15) is 18.9 Å². The van der Waals surface area contributed by atoms with Crippen LogP contribution >= 0.6 is 0 Å². The number of rotatable bonds is 7. The molecule has 1 aliphatic heterocycles. The third kappa shape index (κ3) is 4.94. The number of hydrogen-bond acceptors (Lipinski definition) is 4. The predicted molar refractivity (Wildman–Crippen MR) is 78.2 cm³/mol. The highest BCUT2D eigenvalue weighted by molar-refractivity contribution is 5.80. The normalized spacial score (nSPS) is 16.1. The van der Waals surface area contributed by atoms with E-state index in [9.17, 15) is 4.79 Å². The van der Waals surface area contributed by atoms with Crippen LogP contribution in [0.4, 0.5) is 0 Å². The largest absolute Gasteiger partial charge is 0.492 e. The fourth-order valence-corrected chi connectivity index (χ4v) is 2.17. The Bertz CT molecular complexity index is 410. The van der Waals surface area contributed by atoms with Crippen LogP contribution in [-0.4, -0.2) is 50.1 Å². The Kier molecular flexibility index (Phi) is 6.02. The molecule has 0 atom stereocenters. The molecule has 4 heteroatoms. The van der Waals surface area contributed by atoms with Gasteiger partial charge in [-0.1, -0.05) is 19.1 Å². The van der Waals surface area contributed by atoms with Crippen molar-refractivity contribution in [3.8, 4) is 5.75 Å². The van der Waals surface area contributed by atoms with Crippen molar-refractivity contribution >= 4 is 5.78 Å². The minimum Gasteiger partial charge on any atom is -0.492 e. The summed E-state index contributed by atoms with van der Waals surface area (Å²) in [5.41, 5.74) is 1.05. The van der Waals surface area contributed by atoms with Crippen LogP contribution in [0.5, 0.6) is 5.75 Å². The number of hydrogen-bond donors (Lipinski definition) is 0. The third-order valence-corrected chi connectivity index (χ3v) is 3.50. The lowest BCUT2D eigenvalue weighted by atomic mass is 10.1. The van der Waals surface area contributed by atoms with Crippen molar-refractivity contribution in [3.05, 3.63) is 29.8 Å². The minimum absolute atomic E-state index is 0.269. The van der Waals surface area contributed by atoms with E-state index in [0.717, 1.165) is 44.2 Å². The molecule has 0 aliphatic carbocycles. The molecule has 20 heavy (non-hydrogen) atoms. The van der Waals surface area contributed by atoms with E-state index in [1.165, 1.54) is 0 Å². The number of ketones is 1. The van der Waals surface area contributed by atoms with Crippen LogP contribution in [0.15, 0.2) is 24.3 Å². The van der Waals surface area contributed by atoms with Gasteiger partial charge in [0.05, 0.1) is 13.2 Å².